The summed E-state index contributed by atoms with van der Waals surface area (Å²) in [5.41, 5.74) is 0. The number of rotatable bonds is 3. The maximum absolute atomic E-state index is 10.1. The van der Waals surface area contributed by atoms with Gasteiger partial charge >= 0.3 is 0 Å². The smallest absolute Gasteiger partial charge is 0.214 e. The van der Waals surface area contributed by atoms with E-state index in [0.29, 0.717) is 6.42 Å². The fourth-order valence-corrected chi connectivity index (χ4v) is 0.526. The zero-order chi connectivity index (χ0) is 6.57. The second-order valence-electron chi connectivity index (χ2n) is 1.64. The predicted molar refractivity (Wildman–Crippen MR) is 34.9 cm³/mol. The van der Waals surface area contributed by atoms with Crippen molar-refractivity contribution in [1.29, 1.82) is 0 Å². The minimum atomic E-state index is -0.858. The Morgan fingerprint density at radius 3 is 2.33 bits per heavy atom. The maximum atomic E-state index is 10.1. The van der Waals surface area contributed by atoms with E-state index in [4.69, 9.17) is 5.11 Å². The molecule has 0 fully saturated rings. The minimum absolute atomic E-state index is 0. The third-order valence-corrected chi connectivity index (χ3v) is 1.15. The van der Waals surface area contributed by atoms with Crippen LogP contribution in [0.15, 0.2) is 0 Å². The summed E-state index contributed by atoms with van der Waals surface area (Å²) in [6.07, 6.45) is 0.471. The summed E-state index contributed by atoms with van der Waals surface area (Å²) in [6, 6.07) is 0. The molecule has 0 spiro atoms. The van der Waals surface area contributed by atoms with Gasteiger partial charge in [0.05, 0.1) is 0 Å². The molecule has 2 nitrogen and oxygen atoms in total. The minimum Gasteiger partial charge on any atom is -0.384 e. The number of hydrogen-bond acceptors (Lipinski definition) is 2. The largest absolute Gasteiger partial charge is 0.384 e. The van der Waals surface area contributed by atoms with Gasteiger partial charge in [0.1, 0.15) is 6.10 Å². The van der Waals surface area contributed by atoms with Crippen molar-refractivity contribution < 1.29 is 26.4 Å². The molecule has 0 unspecified atom stereocenters. The Kier molecular flexibility index (Phi) is 8.92. The van der Waals surface area contributed by atoms with Crippen molar-refractivity contribution in [3.05, 3.63) is 0 Å². The monoisotopic (exact) mass is 192 g/mol. The molecule has 0 bridgehead atoms. The van der Waals surface area contributed by atoms with Crippen LogP contribution < -0.4 is 0 Å². The summed E-state index contributed by atoms with van der Waals surface area (Å²) in [5.74, 6) is 0. The molecular formula is C5H10NiO2S. The normalized spacial score (nSPS) is 11.9. The van der Waals surface area contributed by atoms with Crippen molar-refractivity contribution in [2.45, 2.75) is 25.9 Å². The summed E-state index contributed by atoms with van der Waals surface area (Å²) in [4.78, 5) is 10.1. The Labute approximate surface area is 70.4 Å². The van der Waals surface area contributed by atoms with Crippen LogP contribution >= 0.6 is 12.6 Å². The van der Waals surface area contributed by atoms with Crippen molar-refractivity contribution in [3.63, 3.8) is 0 Å². The summed E-state index contributed by atoms with van der Waals surface area (Å²) in [7, 11) is 0. The molecule has 9 heavy (non-hydrogen) atoms. The second-order valence-corrected chi connectivity index (χ2v) is 2.08. The van der Waals surface area contributed by atoms with E-state index in [0.717, 1.165) is 6.42 Å². The second kappa shape index (κ2) is 6.59. The fraction of sp³-hybridized carbons (Fsp3) is 0.800. The Hall–Kier alpha value is 0.474. The summed E-state index contributed by atoms with van der Waals surface area (Å²) in [5, 5.41) is 8.26. The van der Waals surface area contributed by atoms with E-state index in [9.17, 15) is 4.79 Å². The molecule has 0 aliphatic carbocycles. The first-order valence-electron chi connectivity index (χ1n) is 2.59. The van der Waals surface area contributed by atoms with Crippen LogP contribution in [0.1, 0.15) is 19.8 Å². The Morgan fingerprint density at radius 2 is 2.22 bits per heavy atom. The molecule has 0 heterocycles. The number of hydrogen-bond donors (Lipinski definition) is 2. The molecule has 0 aliphatic heterocycles. The van der Waals surface area contributed by atoms with Crippen molar-refractivity contribution >= 4 is 17.7 Å². The molecule has 0 aliphatic rings. The number of carbonyl (C=O) groups is 1. The van der Waals surface area contributed by atoms with E-state index in [2.05, 4.69) is 12.6 Å². The van der Waals surface area contributed by atoms with Crippen LogP contribution in [0.5, 0.6) is 0 Å². The van der Waals surface area contributed by atoms with E-state index in [1.807, 2.05) is 6.92 Å². The van der Waals surface area contributed by atoms with Crippen molar-refractivity contribution in [2.75, 3.05) is 0 Å². The van der Waals surface area contributed by atoms with Gasteiger partial charge in [-0.25, -0.2) is 0 Å². The van der Waals surface area contributed by atoms with Crippen LogP contribution in [0, 0.1) is 0 Å². The van der Waals surface area contributed by atoms with E-state index in [-0.39, 0.29) is 16.5 Å². The third kappa shape index (κ3) is 6.36. The molecule has 1 atom stereocenters. The average Bonchev–Trinajstić information content (AvgIpc) is 1.67. The zero-order valence-electron chi connectivity index (χ0n) is 5.11. The van der Waals surface area contributed by atoms with Gasteiger partial charge in [-0.1, -0.05) is 13.3 Å². The number of aliphatic hydroxyl groups is 1. The molecule has 0 aromatic carbocycles. The quantitative estimate of drug-likeness (QED) is 0.508. The van der Waals surface area contributed by atoms with Gasteiger partial charge in [0.2, 0.25) is 5.12 Å². The van der Waals surface area contributed by atoms with E-state index >= 15 is 0 Å². The number of aliphatic hydroxyl groups excluding tert-OH is 1. The Balaban J connectivity index is 0. The van der Waals surface area contributed by atoms with Gasteiger partial charge in [-0.15, -0.1) is 12.6 Å². The van der Waals surface area contributed by atoms with Crippen molar-refractivity contribution in [3.8, 4) is 0 Å². The van der Waals surface area contributed by atoms with Gasteiger partial charge < -0.3 is 5.11 Å². The first kappa shape index (κ1) is 12.2. The first-order valence-corrected chi connectivity index (χ1v) is 3.04. The molecule has 1 N–H and O–H groups in total. The number of carbonyl (C=O) groups excluding carboxylic acids is 1. The molecule has 0 rings (SSSR count). The maximum Gasteiger partial charge on any atom is 0.214 e. The molecule has 0 radical (unpaired) electrons. The van der Waals surface area contributed by atoms with Gasteiger partial charge in [-0.05, 0) is 6.42 Å². The van der Waals surface area contributed by atoms with Crippen LogP contribution in [-0.2, 0) is 21.3 Å². The standard InChI is InChI=1S/C5H10O2S.Ni/c1-2-3-4(6)5(7)8;/h4,6H,2-3H2,1H3,(H,7,8);/t4-;/m0./s1. The molecule has 0 amide bonds. The fourth-order valence-electron chi connectivity index (χ4n) is 0.397. The van der Waals surface area contributed by atoms with Crippen LogP contribution in [-0.4, -0.2) is 16.3 Å². The van der Waals surface area contributed by atoms with Crippen molar-refractivity contribution in [2.24, 2.45) is 0 Å². The van der Waals surface area contributed by atoms with Gasteiger partial charge in [-0.2, -0.15) is 0 Å². The van der Waals surface area contributed by atoms with Crippen molar-refractivity contribution in [1.82, 2.24) is 0 Å². The van der Waals surface area contributed by atoms with E-state index in [1.165, 1.54) is 0 Å². The first-order chi connectivity index (χ1) is 3.68. The van der Waals surface area contributed by atoms with E-state index in [1.54, 1.807) is 0 Å². The van der Waals surface area contributed by atoms with Gasteiger partial charge in [0.15, 0.2) is 0 Å². The molecule has 4 heteroatoms. The predicted octanol–water partition coefficient (Wildman–Crippen LogP) is 0.601. The van der Waals surface area contributed by atoms with Gasteiger partial charge in [0.25, 0.3) is 0 Å². The molecule has 0 saturated carbocycles. The zero-order valence-corrected chi connectivity index (χ0v) is 6.99. The Bertz CT molecular complexity index is 87.0. The molecular weight excluding hydrogens is 183 g/mol. The molecule has 0 aromatic rings. The molecule has 0 saturated heterocycles. The Morgan fingerprint density at radius 1 is 1.78 bits per heavy atom. The van der Waals surface area contributed by atoms with Gasteiger partial charge in [0, 0.05) is 16.5 Å². The SMILES string of the molecule is CCC[C@H](O)C(=O)S.[Ni]. The molecule has 0 aromatic heterocycles. The number of thiol groups is 1. The summed E-state index contributed by atoms with van der Waals surface area (Å²) >= 11 is 3.44. The van der Waals surface area contributed by atoms with Crippen LogP contribution in [0.25, 0.3) is 0 Å². The van der Waals surface area contributed by atoms with Crippen LogP contribution in [0.4, 0.5) is 0 Å². The molecule has 58 valence electrons. The summed E-state index contributed by atoms with van der Waals surface area (Å²) in [6.45, 7) is 1.90. The van der Waals surface area contributed by atoms with Crippen LogP contribution in [0.2, 0.25) is 0 Å². The third-order valence-electron chi connectivity index (χ3n) is 0.847. The van der Waals surface area contributed by atoms with E-state index < -0.39 is 11.2 Å². The average molecular weight is 193 g/mol. The van der Waals surface area contributed by atoms with Gasteiger partial charge in [-0.3, -0.25) is 4.79 Å². The topological polar surface area (TPSA) is 37.3 Å². The summed E-state index contributed by atoms with van der Waals surface area (Å²) < 4.78 is 0. The van der Waals surface area contributed by atoms with Crippen LogP contribution in [0.3, 0.4) is 0 Å².